The lowest BCUT2D eigenvalue weighted by atomic mass is 9.93. The lowest BCUT2D eigenvalue weighted by Gasteiger charge is -2.37. The SMILES string of the molecule is N#Cc1c(NS(=O)(=O)N2CC[C@@H](F)C2)ccc(F)c1Oc1ccc2ncn(-c3cnc(N4CCC(CCN5CCN(c6ccc7c(c6)C(=O)N(C6CCC(=O)NC6=O)C7=O)CC5)CC4)nc3)c(=O)c2c1. The zero-order chi connectivity index (χ0) is 48.8. The third-order valence-corrected chi connectivity index (χ3v) is 15.1. The van der Waals surface area contributed by atoms with Gasteiger partial charge in [-0.1, -0.05) is 0 Å². The molecule has 70 heavy (non-hydrogen) atoms. The van der Waals surface area contributed by atoms with E-state index in [4.69, 9.17) is 4.74 Å². The Balaban J connectivity index is 0.719. The van der Waals surface area contributed by atoms with E-state index in [2.05, 4.69) is 39.7 Å². The van der Waals surface area contributed by atoms with E-state index in [1.54, 1.807) is 18.2 Å². The fourth-order valence-corrected chi connectivity index (χ4v) is 11.0. The van der Waals surface area contributed by atoms with Crippen LogP contribution in [-0.2, 0) is 19.8 Å². The summed E-state index contributed by atoms with van der Waals surface area (Å²) < 4.78 is 65.0. The summed E-state index contributed by atoms with van der Waals surface area (Å²) in [6, 6.07) is 12.3. The van der Waals surface area contributed by atoms with Gasteiger partial charge in [-0.15, -0.1) is 0 Å². The monoisotopic (exact) mass is 976 g/mol. The average molecular weight is 977 g/mol. The molecule has 2 aromatic heterocycles. The maximum absolute atomic E-state index is 15.2. The Labute approximate surface area is 399 Å². The first-order valence-corrected chi connectivity index (χ1v) is 24.4. The van der Waals surface area contributed by atoms with Gasteiger partial charge in [0, 0.05) is 64.5 Å². The number of piperazine rings is 1. The van der Waals surface area contributed by atoms with E-state index < -0.39 is 68.7 Å². The lowest BCUT2D eigenvalue weighted by molar-refractivity contribution is -0.136. The van der Waals surface area contributed by atoms with Gasteiger partial charge in [0.05, 0.1) is 45.8 Å². The number of alkyl halides is 1. The number of carbonyl (C=O) groups excluding carboxylic acids is 4. The molecule has 3 aromatic carbocycles. The topological polar surface area (TPSA) is 236 Å². The highest BCUT2D eigenvalue weighted by molar-refractivity contribution is 7.90. The van der Waals surface area contributed by atoms with Crippen molar-refractivity contribution in [2.24, 2.45) is 5.92 Å². The highest BCUT2D eigenvalue weighted by Crippen LogP contribution is 2.36. The van der Waals surface area contributed by atoms with Gasteiger partial charge in [-0.25, -0.2) is 23.7 Å². The number of fused-ring (bicyclic) bond motifs is 2. The number of carbonyl (C=O) groups is 4. The first-order chi connectivity index (χ1) is 33.7. The Morgan fingerprint density at radius 2 is 1.59 bits per heavy atom. The van der Waals surface area contributed by atoms with Gasteiger partial charge in [-0.2, -0.15) is 18.0 Å². The predicted octanol–water partition coefficient (Wildman–Crippen LogP) is 3.51. The zero-order valence-electron chi connectivity index (χ0n) is 37.6. The van der Waals surface area contributed by atoms with E-state index >= 15 is 4.39 Å². The van der Waals surface area contributed by atoms with Crippen molar-refractivity contribution in [2.45, 2.75) is 50.7 Å². The van der Waals surface area contributed by atoms with Crippen LogP contribution < -0.4 is 30.1 Å². The predicted molar refractivity (Wildman–Crippen MR) is 249 cm³/mol. The number of halogens is 2. The van der Waals surface area contributed by atoms with Crippen molar-refractivity contribution in [1.82, 2.24) is 38.9 Å². The second-order valence-corrected chi connectivity index (χ2v) is 19.6. The summed E-state index contributed by atoms with van der Waals surface area (Å²) in [5.41, 5.74) is 0.841. The van der Waals surface area contributed by atoms with E-state index in [1.165, 1.54) is 41.5 Å². The Bertz CT molecular complexity index is 3150. The summed E-state index contributed by atoms with van der Waals surface area (Å²) in [5, 5.41) is 12.3. The van der Waals surface area contributed by atoms with E-state index in [0.717, 1.165) is 92.1 Å². The molecule has 0 spiro atoms. The quantitative estimate of drug-likeness (QED) is 0.170. The lowest BCUT2D eigenvalue weighted by Crippen LogP contribution is -2.54. The molecule has 4 amide bonds. The minimum atomic E-state index is -4.26. The smallest absolute Gasteiger partial charge is 0.301 e. The molecule has 1 unspecified atom stereocenters. The zero-order valence-corrected chi connectivity index (χ0v) is 38.4. The summed E-state index contributed by atoms with van der Waals surface area (Å²) in [4.78, 5) is 85.7. The van der Waals surface area contributed by atoms with Crippen LogP contribution in [0.5, 0.6) is 11.5 Å². The molecule has 4 fully saturated rings. The van der Waals surface area contributed by atoms with Crippen LogP contribution in [0.3, 0.4) is 0 Å². The van der Waals surface area contributed by atoms with Crippen molar-refractivity contribution in [1.29, 1.82) is 5.26 Å². The molecule has 0 aliphatic carbocycles. The van der Waals surface area contributed by atoms with Gasteiger partial charge in [-0.3, -0.25) is 48.4 Å². The molecular formula is C47H46F2N12O8S. The number of hydrogen-bond donors (Lipinski definition) is 2. The molecule has 5 aliphatic heterocycles. The molecule has 7 heterocycles. The maximum atomic E-state index is 15.2. The fraction of sp³-hybridized carbons (Fsp3) is 0.383. The third-order valence-electron chi connectivity index (χ3n) is 13.7. The highest BCUT2D eigenvalue weighted by atomic mass is 32.2. The minimum absolute atomic E-state index is 0.0216. The van der Waals surface area contributed by atoms with Crippen molar-refractivity contribution in [3.63, 3.8) is 0 Å². The Kier molecular flexibility index (Phi) is 12.5. The summed E-state index contributed by atoms with van der Waals surface area (Å²) >= 11 is 0. The molecule has 10 rings (SSSR count). The number of anilines is 3. The van der Waals surface area contributed by atoms with Gasteiger partial charge in [-0.05, 0) is 93.1 Å². The van der Waals surface area contributed by atoms with Crippen LogP contribution in [0.2, 0.25) is 0 Å². The first-order valence-electron chi connectivity index (χ1n) is 23.0. The summed E-state index contributed by atoms with van der Waals surface area (Å²) in [6.45, 7) is 5.26. The molecule has 20 nitrogen and oxygen atoms in total. The van der Waals surface area contributed by atoms with Crippen LogP contribution >= 0.6 is 0 Å². The number of ether oxygens (including phenoxy) is 1. The molecule has 0 radical (unpaired) electrons. The molecule has 2 N–H and O–H groups in total. The molecule has 0 bridgehead atoms. The summed E-state index contributed by atoms with van der Waals surface area (Å²) in [5.74, 6) is -2.59. The number of nitriles is 1. The maximum Gasteiger partial charge on any atom is 0.301 e. The fourth-order valence-electron chi connectivity index (χ4n) is 9.70. The summed E-state index contributed by atoms with van der Waals surface area (Å²) in [7, 11) is -4.26. The number of amides is 4. The van der Waals surface area contributed by atoms with Crippen molar-refractivity contribution in [2.75, 3.05) is 73.4 Å². The number of nitrogens with one attached hydrogen (secondary N) is 2. The number of imide groups is 2. The second kappa shape index (κ2) is 18.8. The van der Waals surface area contributed by atoms with Crippen LogP contribution in [-0.4, -0.2) is 137 Å². The Hall–Kier alpha value is -7.42. The van der Waals surface area contributed by atoms with Gasteiger partial charge in [0.25, 0.3) is 17.4 Å². The van der Waals surface area contributed by atoms with Crippen LogP contribution in [0, 0.1) is 23.1 Å². The number of hydrogen-bond acceptors (Lipinski definition) is 15. The van der Waals surface area contributed by atoms with Crippen molar-refractivity contribution >= 4 is 62.1 Å². The molecule has 23 heteroatoms. The van der Waals surface area contributed by atoms with E-state index in [0.29, 0.717) is 23.1 Å². The number of benzene rings is 3. The van der Waals surface area contributed by atoms with Gasteiger partial charge in [0.15, 0.2) is 11.6 Å². The number of rotatable bonds is 12. The molecule has 2 atom stereocenters. The molecular weight excluding hydrogens is 931 g/mol. The minimum Gasteiger partial charge on any atom is -0.453 e. The van der Waals surface area contributed by atoms with Gasteiger partial charge >= 0.3 is 10.2 Å². The molecule has 4 saturated heterocycles. The highest BCUT2D eigenvalue weighted by Gasteiger charge is 2.45. The van der Waals surface area contributed by atoms with E-state index in [1.807, 2.05) is 6.07 Å². The van der Waals surface area contributed by atoms with E-state index in [-0.39, 0.29) is 60.3 Å². The van der Waals surface area contributed by atoms with Crippen LogP contribution in [0.4, 0.5) is 26.1 Å². The van der Waals surface area contributed by atoms with Crippen molar-refractivity contribution in [3.05, 3.63) is 100 Å². The number of piperidine rings is 2. The van der Waals surface area contributed by atoms with Gasteiger partial charge < -0.3 is 14.5 Å². The molecule has 5 aliphatic rings. The Morgan fingerprint density at radius 3 is 2.30 bits per heavy atom. The second-order valence-electron chi connectivity index (χ2n) is 17.9. The number of nitrogens with zero attached hydrogens (tertiary/aromatic N) is 10. The van der Waals surface area contributed by atoms with Crippen molar-refractivity contribution in [3.8, 4) is 23.3 Å². The molecule has 5 aromatic rings. The van der Waals surface area contributed by atoms with Crippen LogP contribution in [0.1, 0.15) is 64.8 Å². The first kappa shape index (κ1) is 46.3. The van der Waals surface area contributed by atoms with E-state index in [9.17, 15) is 42.0 Å². The average Bonchev–Trinajstić information content (AvgIpc) is 3.92. The Morgan fingerprint density at radius 1 is 0.829 bits per heavy atom. The summed E-state index contributed by atoms with van der Waals surface area (Å²) in [6.07, 6.45) is 6.26. The van der Waals surface area contributed by atoms with Gasteiger partial charge in [0.2, 0.25) is 17.8 Å². The molecule has 0 saturated carbocycles. The third kappa shape index (κ3) is 9.00. The largest absolute Gasteiger partial charge is 0.453 e. The normalized spacial score (nSPS) is 20.5. The molecule has 362 valence electrons. The number of aromatic nitrogens is 4. The van der Waals surface area contributed by atoms with Gasteiger partial charge in [0.1, 0.15) is 35.9 Å². The van der Waals surface area contributed by atoms with Crippen LogP contribution in [0.15, 0.2) is 72.0 Å². The van der Waals surface area contributed by atoms with Crippen molar-refractivity contribution < 1.29 is 41.1 Å². The standard InChI is InChI=1S/C47H46F2N12O8S/c48-29-12-16-59(26-29)70(67,68)55-39-6-4-37(49)42(36(39)23-50)69-32-2-5-38-35(22-32)44(64)60(27-53-38)31-24-51-47(52-25-31)58-14-10-28(11-15-58)9-13-56-17-19-57(20-18-56)30-1-3-33-34(21-30)46(66)61(45(33)65)40-7-8-41(62)54-43(40)63/h1-6,21-22,24-25,27-29,40,55H,7-20,26H2,(H,54,62,63)/t29-,40?/m1/s1. The van der Waals surface area contributed by atoms with Crippen LogP contribution in [0.25, 0.3) is 16.6 Å².